The second-order valence-corrected chi connectivity index (χ2v) is 0. The maximum absolute atomic E-state index is 0. The molecule has 0 rings (SSSR count). The fraction of sp³-hybridized carbons (Fsp3) is 0. The molecule has 0 fully saturated rings. The molecule has 0 amide bonds. The summed E-state index contributed by atoms with van der Waals surface area (Å²) in [6.45, 7) is 0. The summed E-state index contributed by atoms with van der Waals surface area (Å²) in [5.74, 6) is 0. The molecule has 0 radical (unpaired) electrons. The van der Waals surface area contributed by atoms with Crippen molar-refractivity contribution in [3.8, 4) is 0 Å². The molecule has 0 spiro atoms. The first-order valence-corrected chi connectivity index (χ1v) is 0. The zero-order chi connectivity index (χ0) is 0. The standard InChI is InChI=1S/4Li.2S/q4*+1;2*-2. The van der Waals surface area contributed by atoms with E-state index in [1.165, 1.54) is 0 Å². The fourth-order valence-corrected chi connectivity index (χ4v) is 0. The Bertz CT molecular complexity index is 5.51. The van der Waals surface area contributed by atoms with Gasteiger partial charge in [0.1, 0.15) is 0 Å². The van der Waals surface area contributed by atoms with Crippen molar-refractivity contribution in [2.45, 2.75) is 0 Å². The maximum atomic E-state index is 0. The zero-order valence-electron chi connectivity index (χ0n) is 4.82. The summed E-state index contributed by atoms with van der Waals surface area (Å²) in [6, 6.07) is 0. The van der Waals surface area contributed by atoms with Gasteiger partial charge in [-0.25, -0.2) is 0 Å². The van der Waals surface area contributed by atoms with Crippen molar-refractivity contribution in [3.05, 3.63) is 0 Å². The van der Waals surface area contributed by atoms with Gasteiger partial charge in [-0.05, 0) is 0 Å². The van der Waals surface area contributed by atoms with Crippen LogP contribution in [0.15, 0.2) is 0 Å². The molecule has 0 saturated carbocycles. The molecule has 6 heteroatoms. The fourth-order valence-electron chi connectivity index (χ4n) is 0. The van der Waals surface area contributed by atoms with E-state index in [0.29, 0.717) is 0 Å². The zero-order valence-corrected chi connectivity index (χ0v) is 6.45. The van der Waals surface area contributed by atoms with Gasteiger partial charge in [0.15, 0.2) is 0 Å². The van der Waals surface area contributed by atoms with E-state index >= 15 is 0 Å². The van der Waals surface area contributed by atoms with E-state index in [1.807, 2.05) is 0 Å². The van der Waals surface area contributed by atoms with Gasteiger partial charge in [-0.1, -0.05) is 0 Å². The van der Waals surface area contributed by atoms with Gasteiger partial charge in [-0.2, -0.15) is 0 Å². The summed E-state index contributed by atoms with van der Waals surface area (Å²) >= 11 is 0. The molecule has 0 nitrogen and oxygen atoms in total. The third kappa shape index (κ3) is 27.5. The average Bonchev–Trinajstić information content (AvgIpc) is 0. The normalized spacial score (nSPS) is 0. The summed E-state index contributed by atoms with van der Waals surface area (Å²) in [6.07, 6.45) is 0. The summed E-state index contributed by atoms with van der Waals surface area (Å²) in [5.41, 5.74) is 0. The molecule has 0 unspecified atom stereocenters. The van der Waals surface area contributed by atoms with Crippen molar-refractivity contribution in [2.75, 3.05) is 0 Å². The minimum atomic E-state index is 0. The second-order valence-electron chi connectivity index (χ2n) is 0. The molecule has 0 aliphatic heterocycles. The first kappa shape index (κ1) is 62.3. The molecule has 6 heavy (non-hydrogen) atoms. The maximum Gasteiger partial charge on any atom is 1.00 e. The number of hydrogen-bond acceptors (Lipinski definition) is 0. The first-order chi connectivity index (χ1) is 0. The average molecular weight is 91.9 g/mol. The van der Waals surface area contributed by atoms with Crippen molar-refractivity contribution in [2.24, 2.45) is 0 Å². The Balaban J connectivity index is 0. The summed E-state index contributed by atoms with van der Waals surface area (Å²) < 4.78 is 0. The predicted molar refractivity (Wildman–Crippen MR) is 14.7 cm³/mol. The van der Waals surface area contributed by atoms with Crippen LogP contribution in [-0.2, 0) is 27.0 Å². The Morgan fingerprint density at radius 1 is 0.333 bits per heavy atom. The number of hydrogen-bond donors (Lipinski definition) is 0. The van der Waals surface area contributed by atoms with Crippen LogP contribution in [-0.4, -0.2) is 0 Å². The molecule has 0 bridgehead atoms. The van der Waals surface area contributed by atoms with Crippen LogP contribution in [0.2, 0.25) is 0 Å². The van der Waals surface area contributed by atoms with Gasteiger partial charge in [0.2, 0.25) is 0 Å². The first-order valence-electron chi connectivity index (χ1n) is 0. The summed E-state index contributed by atoms with van der Waals surface area (Å²) in [7, 11) is 0. The summed E-state index contributed by atoms with van der Waals surface area (Å²) in [4.78, 5) is 0. The van der Waals surface area contributed by atoms with Crippen molar-refractivity contribution in [1.82, 2.24) is 0 Å². The van der Waals surface area contributed by atoms with E-state index in [-0.39, 0.29) is 102 Å². The van der Waals surface area contributed by atoms with Gasteiger partial charge in [0.05, 0.1) is 0 Å². The Labute approximate surface area is 101 Å². The van der Waals surface area contributed by atoms with Crippen LogP contribution >= 0.6 is 0 Å². The van der Waals surface area contributed by atoms with Crippen LogP contribution in [0.3, 0.4) is 0 Å². The van der Waals surface area contributed by atoms with E-state index in [2.05, 4.69) is 0 Å². The van der Waals surface area contributed by atoms with Crippen LogP contribution in [0, 0.1) is 0 Å². The van der Waals surface area contributed by atoms with Crippen molar-refractivity contribution < 1.29 is 75.4 Å². The van der Waals surface area contributed by atoms with Crippen LogP contribution in [0.25, 0.3) is 0 Å². The second kappa shape index (κ2) is 42.6. The van der Waals surface area contributed by atoms with Gasteiger partial charge in [0.25, 0.3) is 0 Å². The van der Waals surface area contributed by atoms with E-state index in [0.717, 1.165) is 0 Å². The van der Waals surface area contributed by atoms with E-state index in [4.69, 9.17) is 0 Å². The van der Waals surface area contributed by atoms with Crippen LogP contribution in [0.5, 0.6) is 0 Å². The molecule has 0 aromatic heterocycles. The predicted octanol–water partition coefficient (Wildman–Crippen LogP) is -12.0. The van der Waals surface area contributed by atoms with Crippen molar-refractivity contribution in [3.63, 3.8) is 0 Å². The molecule has 0 aromatic rings. The van der Waals surface area contributed by atoms with E-state index in [1.54, 1.807) is 0 Å². The molecule has 0 heterocycles. The van der Waals surface area contributed by atoms with Gasteiger partial charge in [0, 0.05) is 0 Å². The van der Waals surface area contributed by atoms with E-state index in [9.17, 15) is 0 Å². The molecular formula is Li4S2. The quantitative estimate of drug-likeness (QED) is 0.260. The minimum Gasteiger partial charge on any atom is -2.00 e. The van der Waals surface area contributed by atoms with E-state index < -0.39 is 0 Å². The van der Waals surface area contributed by atoms with Gasteiger partial charge in [-0.15, -0.1) is 0 Å². The molecule has 0 aromatic carbocycles. The minimum absolute atomic E-state index is 0. The Hall–Kier alpha value is 3.09. The van der Waals surface area contributed by atoms with Gasteiger partial charge >= 0.3 is 75.4 Å². The van der Waals surface area contributed by atoms with Crippen molar-refractivity contribution >= 4 is 27.0 Å². The third-order valence-corrected chi connectivity index (χ3v) is 0. The molecule has 0 saturated heterocycles. The third-order valence-electron chi connectivity index (χ3n) is 0. The monoisotopic (exact) mass is 92.0 g/mol. The Kier molecular flexibility index (Phi) is 442. The Morgan fingerprint density at radius 3 is 0.333 bits per heavy atom. The van der Waals surface area contributed by atoms with Gasteiger partial charge in [-0.3, -0.25) is 0 Å². The molecule has 0 aliphatic rings. The molecular weight excluding hydrogens is 91.9 g/mol. The van der Waals surface area contributed by atoms with Crippen LogP contribution in [0.1, 0.15) is 0 Å². The molecule has 0 N–H and O–H groups in total. The molecule has 0 atom stereocenters. The largest absolute Gasteiger partial charge is 2.00 e. The molecule has 16 valence electrons. The van der Waals surface area contributed by atoms with Crippen LogP contribution < -0.4 is 75.4 Å². The smallest absolute Gasteiger partial charge is 1.00 e. The topological polar surface area (TPSA) is 0 Å². The SMILES string of the molecule is [Li+].[Li+].[Li+].[Li+].[S-2].[S-2]. The molecule has 0 aliphatic carbocycles. The number of rotatable bonds is 0. The van der Waals surface area contributed by atoms with Crippen molar-refractivity contribution in [1.29, 1.82) is 0 Å². The summed E-state index contributed by atoms with van der Waals surface area (Å²) in [5, 5.41) is 0. The van der Waals surface area contributed by atoms with Crippen LogP contribution in [0.4, 0.5) is 0 Å². The Morgan fingerprint density at radius 2 is 0.333 bits per heavy atom. The van der Waals surface area contributed by atoms with Gasteiger partial charge < -0.3 is 27.0 Å².